The third-order valence-electron chi connectivity index (χ3n) is 2.24. The Morgan fingerprint density at radius 3 is 3.00 bits per heavy atom. The second-order valence-corrected chi connectivity index (χ2v) is 4.03. The molecule has 0 spiro atoms. The lowest BCUT2D eigenvalue weighted by Gasteiger charge is -2.01. The third kappa shape index (κ3) is 1.19. The zero-order valence-electron chi connectivity index (χ0n) is 8.00. The summed E-state index contributed by atoms with van der Waals surface area (Å²) in [6.07, 6.45) is 2.64. The molecule has 2 aromatic heterocycles. The minimum absolute atomic E-state index is 0.759. The molecule has 2 heterocycles. The molecule has 0 radical (unpaired) electrons. The number of thiophene rings is 1. The maximum atomic E-state index is 10.8. The average Bonchev–Trinajstić information content (AvgIpc) is 2.55. The van der Waals surface area contributed by atoms with Gasteiger partial charge in [0.1, 0.15) is 4.83 Å². The molecule has 0 atom stereocenters. The minimum atomic E-state index is 0.759. The van der Waals surface area contributed by atoms with Crippen LogP contribution in [0, 0.1) is 6.92 Å². The van der Waals surface area contributed by atoms with Crippen molar-refractivity contribution in [2.75, 3.05) is 12.4 Å². The number of aldehydes is 1. The Morgan fingerprint density at radius 2 is 2.36 bits per heavy atom. The normalized spacial score (nSPS) is 10.4. The van der Waals surface area contributed by atoms with Crippen LogP contribution in [0.25, 0.3) is 10.2 Å². The van der Waals surface area contributed by atoms with Gasteiger partial charge >= 0.3 is 0 Å². The van der Waals surface area contributed by atoms with Crippen molar-refractivity contribution < 1.29 is 4.79 Å². The molecule has 2 aromatic rings. The summed E-state index contributed by atoms with van der Waals surface area (Å²) in [6.45, 7) is 1.95. The standard InChI is InChI=1S/C10H10N2OS/c1-6-8(5-13)14-10-9(6)7(11-2)3-4-12-10/h3-5H,1-2H3,(H,11,12). The van der Waals surface area contributed by atoms with Crippen LogP contribution in [-0.2, 0) is 0 Å². The summed E-state index contributed by atoms with van der Waals surface area (Å²) in [5, 5.41) is 4.16. The predicted octanol–water partition coefficient (Wildman–Crippen LogP) is 2.46. The SMILES string of the molecule is CNc1ccnc2sc(C=O)c(C)c12. The molecule has 0 fully saturated rings. The van der Waals surface area contributed by atoms with E-state index in [-0.39, 0.29) is 0 Å². The summed E-state index contributed by atoms with van der Waals surface area (Å²) in [7, 11) is 1.87. The number of fused-ring (bicyclic) bond motifs is 1. The van der Waals surface area contributed by atoms with Crippen LogP contribution in [0.5, 0.6) is 0 Å². The molecule has 4 heteroatoms. The van der Waals surface area contributed by atoms with Gasteiger partial charge in [-0.3, -0.25) is 4.79 Å². The van der Waals surface area contributed by atoms with E-state index in [1.54, 1.807) is 6.20 Å². The number of hydrogen-bond acceptors (Lipinski definition) is 4. The van der Waals surface area contributed by atoms with E-state index in [4.69, 9.17) is 0 Å². The minimum Gasteiger partial charge on any atom is -0.387 e. The highest BCUT2D eigenvalue weighted by Gasteiger charge is 2.11. The van der Waals surface area contributed by atoms with E-state index < -0.39 is 0 Å². The van der Waals surface area contributed by atoms with Crippen LogP contribution >= 0.6 is 11.3 Å². The molecule has 0 aromatic carbocycles. The maximum Gasteiger partial charge on any atom is 0.160 e. The summed E-state index contributed by atoms with van der Waals surface area (Å²) in [5.74, 6) is 0. The smallest absolute Gasteiger partial charge is 0.160 e. The number of carbonyl (C=O) groups is 1. The second kappa shape index (κ2) is 3.38. The molecule has 0 amide bonds. The molecule has 1 N–H and O–H groups in total. The molecule has 0 aliphatic rings. The van der Waals surface area contributed by atoms with E-state index in [0.29, 0.717) is 0 Å². The molecule has 0 aliphatic carbocycles. The van der Waals surface area contributed by atoms with E-state index >= 15 is 0 Å². The molecular weight excluding hydrogens is 196 g/mol. The molecule has 3 nitrogen and oxygen atoms in total. The van der Waals surface area contributed by atoms with Crippen molar-refractivity contribution in [2.24, 2.45) is 0 Å². The maximum absolute atomic E-state index is 10.8. The molecule has 0 saturated heterocycles. The Kier molecular flexibility index (Phi) is 2.21. The van der Waals surface area contributed by atoms with Gasteiger partial charge in [0.05, 0.1) is 4.88 Å². The number of aryl methyl sites for hydroxylation is 1. The number of carbonyl (C=O) groups excluding carboxylic acids is 1. The van der Waals surface area contributed by atoms with Crippen LogP contribution in [0.2, 0.25) is 0 Å². The molecule has 0 unspecified atom stereocenters. The molecule has 0 bridgehead atoms. The Labute approximate surface area is 85.8 Å². The Bertz CT molecular complexity index is 490. The quantitative estimate of drug-likeness (QED) is 0.767. The summed E-state index contributed by atoms with van der Waals surface area (Å²) in [4.78, 5) is 16.7. The van der Waals surface area contributed by atoms with Crippen molar-refractivity contribution in [1.82, 2.24) is 4.98 Å². The first-order valence-corrected chi connectivity index (χ1v) is 5.10. The summed E-state index contributed by atoms with van der Waals surface area (Å²) < 4.78 is 0. The molecule has 0 saturated carbocycles. The topological polar surface area (TPSA) is 42.0 Å². The van der Waals surface area contributed by atoms with E-state index in [0.717, 1.165) is 32.6 Å². The molecular formula is C10H10N2OS. The number of nitrogens with zero attached hydrogens (tertiary/aromatic N) is 1. The van der Waals surface area contributed by atoms with Crippen molar-refractivity contribution in [3.63, 3.8) is 0 Å². The number of rotatable bonds is 2. The molecule has 72 valence electrons. The second-order valence-electron chi connectivity index (χ2n) is 3.00. The van der Waals surface area contributed by atoms with Gasteiger partial charge in [0.15, 0.2) is 6.29 Å². The van der Waals surface area contributed by atoms with Crippen molar-refractivity contribution in [3.05, 3.63) is 22.7 Å². The predicted molar refractivity (Wildman–Crippen MR) is 59.3 cm³/mol. The fraction of sp³-hybridized carbons (Fsp3) is 0.200. The number of nitrogens with one attached hydrogen (secondary N) is 1. The van der Waals surface area contributed by atoms with Crippen LogP contribution in [-0.4, -0.2) is 18.3 Å². The molecule has 0 aliphatic heterocycles. The van der Waals surface area contributed by atoms with Gasteiger partial charge in [-0.15, -0.1) is 11.3 Å². The van der Waals surface area contributed by atoms with Gasteiger partial charge in [-0.05, 0) is 18.6 Å². The van der Waals surface area contributed by atoms with Gasteiger partial charge in [0.2, 0.25) is 0 Å². The fourth-order valence-electron chi connectivity index (χ4n) is 1.51. The third-order valence-corrected chi connectivity index (χ3v) is 3.37. The lowest BCUT2D eigenvalue weighted by Crippen LogP contribution is -1.89. The van der Waals surface area contributed by atoms with Crippen molar-refractivity contribution in [1.29, 1.82) is 0 Å². The Balaban J connectivity index is 2.85. The molecule has 14 heavy (non-hydrogen) atoms. The average molecular weight is 206 g/mol. The zero-order chi connectivity index (χ0) is 10.1. The zero-order valence-corrected chi connectivity index (χ0v) is 8.81. The van der Waals surface area contributed by atoms with Gasteiger partial charge in [-0.25, -0.2) is 4.98 Å². The Morgan fingerprint density at radius 1 is 1.57 bits per heavy atom. The first-order chi connectivity index (χ1) is 6.77. The highest BCUT2D eigenvalue weighted by Crippen LogP contribution is 2.32. The largest absolute Gasteiger partial charge is 0.387 e. The summed E-state index contributed by atoms with van der Waals surface area (Å²) in [6, 6.07) is 1.91. The van der Waals surface area contributed by atoms with Gasteiger partial charge in [0, 0.05) is 24.3 Å². The Hall–Kier alpha value is -1.42. The van der Waals surface area contributed by atoms with Crippen molar-refractivity contribution in [2.45, 2.75) is 6.92 Å². The van der Waals surface area contributed by atoms with E-state index in [9.17, 15) is 4.79 Å². The van der Waals surface area contributed by atoms with Crippen LogP contribution in [0.4, 0.5) is 5.69 Å². The highest BCUT2D eigenvalue weighted by atomic mass is 32.1. The van der Waals surface area contributed by atoms with E-state index in [1.165, 1.54) is 11.3 Å². The van der Waals surface area contributed by atoms with Gasteiger partial charge in [-0.1, -0.05) is 0 Å². The van der Waals surface area contributed by atoms with Crippen LogP contribution in [0.1, 0.15) is 15.2 Å². The van der Waals surface area contributed by atoms with Crippen LogP contribution in [0.15, 0.2) is 12.3 Å². The first-order valence-electron chi connectivity index (χ1n) is 4.29. The number of aromatic nitrogens is 1. The van der Waals surface area contributed by atoms with E-state index in [2.05, 4.69) is 10.3 Å². The van der Waals surface area contributed by atoms with Crippen molar-refractivity contribution >= 4 is 33.5 Å². The highest BCUT2D eigenvalue weighted by molar-refractivity contribution is 7.20. The van der Waals surface area contributed by atoms with Gasteiger partial charge in [0.25, 0.3) is 0 Å². The van der Waals surface area contributed by atoms with Crippen LogP contribution < -0.4 is 5.32 Å². The first kappa shape index (κ1) is 9.15. The monoisotopic (exact) mass is 206 g/mol. The number of anilines is 1. The fourth-order valence-corrected chi connectivity index (χ4v) is 2.50. The van der Waals surface area contributed by atoms with E-state index in [1.807, 2.05) is 20.0 Å². The van der Waals surface area contributed by atoms with Crippen molar-refractivity contribution in [3.8, 4) is 0 Å². The van der Waals surface area contributed by atoms with Gasteiger partial charge in [-0.2, -0.15) is 0 Å². The summed E-state index contributed by atoms with van der Waals surface area (Å²) >= 11 is 1.43. The number of hydrogen-bond donors (Lipinski definition) is 1. The lowest BCUT2D eigenvalue weighted by molar-refractivity contribution is 0.112. The van der Waals surface area contributed by atoms with Gasteiger partial charge < -0.3 is 5.32 Å². The number of pyridine rings is 1. The lowest BCUT2D eigenvalue weighted by atomic mass is 10.2. The summed E-state index contributed by atoms with van der Waals surface area (Å²) in [5.41, 5.74) is 2.04. The molecule has 2 rings (SSSR count). The van der Waals surface area contributed by atoms with Crippen LogP contribution in [0.3, 0.4) is 0 Å².